The third-order valence-electron chi connectivity index (χ3n) is 7.24. The number of aliphatic hydroxyl groups excluding tert-OH is 2. The molecule has 194 valence electrons. The summed E-state index contributed by atoms with van der Waals surface area (Å²) in [4.78, 5) is 0. The Morgan fingerprint density at radius 3 is 2.15 bits per heavy atom. The fraction of sp³-hybridized carbons (Fsp3) is 1.00. The average Bonchev–Trinajstić information content (AvgIpc) is 2.76. The minimum Gasteiger partial charge on any atom is -0.388 e. The largest absolute Gasteiger partial charge is 0.388 e. The van der Waals surface area contributed by atoms with Crippen LogP contribution in [0.25, 0.3) is 0 Å². The molecule has 13 atom stereocenters. The highest BCUT2D eigenvalue weighted by molar-refractivity contribution is 5.02. The first-order chi connectivity index (χ1) is 15.5. The van der Waals surface area contributed by atoms with Crippen molar-refractivity contribution < 1.29 is 34.3 Å². The third-order valence-corrected chi connectivity index (χ3v) is 7.24. The Balaban J connectivity index is 1.68. The van der Waals surface area contributed by atoms with Crippen LogP contribution in [-0.4, -0.2) is 115 Å². The maximum absolute atomic E-state index is 11.1. The molecule has 0 aromatic carbocycles. The molecule has 0 unspecified atom stereocenters. The van der Waals surface area contributed by atoms with E-state index in [1.54, 1.807) is 14.0 Å². The van der Waals surface area contributed by atoms with Crippen LogP contribution in [0.5, 0.6) is 0 Å². The maximum atomic E-state index is 11.1. The molecule has 12 heteroatoms. The van der Waals surface area contributed by atoms with Gasteiger partial charge in [0.1, 0.15) is 30.0 Å². The Kier molecular flexibility index (Phi) is 9.09. The summed E-state index contributed by atoms with van der Waals surface area (Å²) in [5, 5.41) is 38.3. The molecule has 2 heterocycles. The van der Waals surface area contributed by atoms with Crippen molar-refractivity contribution in [2.24, 2.45) is 17.2 Å². The first-order valence-corrected chi connectivity index (χ1v) is 11.8. The van der Waals surface area contributed by atoms with E-state index >= 15 is 0 Å². The van der Waals surface area contributed by atoms with E-state index in [1.165, 1.54) is 0 Å². The van der Waals surface area contributed by atoms with Gasteiger partial charge in [-0.1, -0.05) is 0 Å². The van der Waals surface area contributed by atoms with Gasteiger partial charge in [-0.15, -0.1) is 0 Å². The standard InChI is InChI=1S/C21H43N5O7/c1-9(25-3)13-6-5-10(22)19(31-13)32-16-11(23)7-12(24)17(14(16)27)33-20-15(28)18(26-4)21(2,29)8-30-20/h9-20,25-29H,5-8,22-24H2,1-4H3/t9-,10-,11+,12-,13-,14+,15-,16-,17+,18-,19-,20-,21+/m1/s1. The summed E-state index contributed by atoms with van der Waals surface area (Å²) in [6.07, 6.45) is -4.22. The SMILES string of the molecule is CN[C@@H]1[C@@H](O)[C@@H](O[C@@H]2[C@@H](O)[C@H](O[C@H]3O[C@@H]([C@@H](C)NC)CC[C@H]3N)[C@@H](N)C[C@H]2N)OC[C@]1(C)O. The van der Waals surface area contributed by atoms with E-state index < -0.39 is 60.7 Å². The lowest BCUT2D eigenvalue weighted by Gasteiger charge is -2.48. The van der Waals surface area contributed by atoms with Crippen LogP contribution in [0.1, 0.15) is 33.1 Å². The number of nitrogens with one attached hydrogen (secondary N) is 2. The molecule has 0 bridgehead atoms. The van der Waals surface area contributed by atoms with Gasteiger partial charge in [0.25, 0.3) is 0 Å². The van der Waals surface area contributed by atoms with Crippen LogP contribution < -0.4 is 27.8 Å². The molecule has 2 aliphatic heterocycles. The Labute approximate surface area is 195 Å². The molecule has 11 N–H and O–H groups in total. The smallest absolute Gasteiger partial charge is 0.185 e. The second-order valence-corrected chi connectivity index (χ2v) is 9.91. The predicted molar refractivity (Wildman–Crippen MR) is 120 cm³/mol. The van der Waals surface area contributed by atoms with Crippen LogP contribution in [0.4, 0.5) is 0 Å². The monoisotopic (exact) mass is 477 g/mol. The molecule has 3 aliphatic rings. The summed E-state index contributed by atoms with van der Waals surface area (Å²) in [7, 11) is 3.49. The molecular weight excluding hydrogens is 434 g/mol. The van der Waals surface area contributed by atoms with Gasteiger partial charge in [0.05, 0.1) is 24.8 Å². The maximum Gasteiger partial charge on any atom is 0.185 e. The van der Waals surface area contributed by atoms with Crippen LogP contribution in [0, 0.1) is 0 Å². The van der Waals surface area contributed by atoms with Crippen molar-refractivity contribution in [1.29, 1.82) is 0 Å². The molecule has 0 radical (unpaired) electrons. The molecule has 2 saturated heterocycles. The zero-order valence-electron chi connectivity index (χ0n) is 20.0. The predicted octanol–water partition coefficient (Wildman–Crippen LogP) is -3.33. The van der Waals surface area contributed by atoms with E-state index in [4.69, 9.17) is 36.1 Å². The molecule has 0 amide bonds. The van der Waals surface area contributed by atoms with Crippen LogP contribution in [0.3, 0.4) is 0 Å². The second kappa shape index (κ2) is 11.1. The van der Waals surface area contributed by atoms with Crippen LogP contribution in [0.15, 0.2) is 0 Å². The highest BCUT2D eigenvalue weighted by Crippen LogP contribution is 2.31. The normalized spacial score (nSPS) is 50.2. The summed E-state index contributed by atoms with van der Waals surface area (Å²) >= 11 is 0. The second-order valence-electron chi connectivity index (χ2n) is 9.91. The summed E-state index contributed by atoms with van der Waals surface area (Å²) in [6, 6.07) is -2.11. The Morgan fingerprint density at radius 1 is 0.970 bits per heavy atom. The lowest BCUT2D eigenvalue weighted by atomic mass is 9.84. The molecule has 1 saturated carbocycles. The summed E-state index contributed by atoms with van der Waals surface area (Å²) < 4.78 is 23.7. The number of hydrogen-bond donors (Lipinski definition) is 8. The molecule has 0 aromatic heterocycles. The summed E-state index contributed by atoms with van der Waals surface area (Å²) in [6.45, 7) is 3.52. The van der Waals surface area contributed by atoms with Crippen molar-refractivity contribution >= 4 is 0 Å². The third kappa shape index (κ3) is 5.85. The van der Waals surface area contributed by atoms with Crippen molar-refractivity contribution in [3.05, 3.63) is 0 Å². The summed E-state index contributed by atoms with van der Waals surface area (Å²) in [5.41, 5.74) is 17.5. The fourth-order valence-electron chi connectivity index (χ4n) is 5.04. The number of likely N-dealkylation sites (N-methyl/N-ethyl adjacent to an activating group) is 2. The summed E-state index contributed by atoms with van der Waals surface area (Å²) in [5.74, 6) is 0. The number of hydrogen-bond acceptors (Lipinski definition) is 12. The van der Waals surface area contributed by atoms with Crippen LogP contribution in [-0.2, 0) is 18.9 Å². The van der Waals surface area contributed by atoms with Crippen LogP contribution in [0.2, 0.25) is 0 Å². The van der Waals surface area contributed by atoms with E-state index in [1.807, 2.05) is 14.0 Å². The molecule has 0 aromatic rings. The highest BCUT2D eigenvalue weighted by Gasteiger charge is 2.50. The Hall–Kier alpha value is -0.480. The minimum atomic E-state index is -1.29. The average molecular weight is 478 g/mol. The van der Waals surface area contributed by atoms with Gasteiger partial charge >= 0.3 is 0 Å². The molecule has 0 spiro atoms. The van der Waals surface area contributed by atoms with Crippen LogP contribution >= 0.6 is 0 Å². The molecule has 1 aliphatic carbocycles. The lowest BCUT2D eigenvalue weighted by molar-refractivity contribution is -0.307. The number of nitrogens with two attached hydrogens (primary N) is 3. The van der Waals surface area contributed by atoms with Gasteiger partial charge in [0.2, 0.25) is 0 Å². The van der Waals surface area contributed by atoms with E-state index in [9.17, 15) is 15.3 Å². The first-order valence-electron chi connectivity index (χ1n) is 11.8. The Bertz CT molecular complexity index is 632. The van der Waals surface area contributed by atoms with Gasteiger partial charge in [-0.25, -0.2) is 0 Å². The van der Waals surface area contributed by atoms with Crippen molar-refractivity contribution in [3.63, 3.8) is 0 Å². The van der Waals surface area contributed by atoms with E-state index in [0.29, 0.717) is 12.8 Å². The number of ether oxygens (including phenoxy) is 4. The van der Waals surface area contributed by atoms with Gasteiger partial charge in [0, 0.05) is 18.1 Å². The molecular formula is C21H43N5O7. The quantitative estimate of drug-likeness (QED) is 0.182. The molecule has 3 fully saturated rings. The number of aliphatic hydroxyl groups is 3. The first kappa shape index (κ1) is 27.1. The van der Waals surface area contributed by atoms with Gasteiger partial charge in [0.15, 0.2) is 12.6 Å². The van der Waals surface area contributed by atoms with Gasteiger partial charge < -0.3 is 62.1 Å². The topological polar surface area (TPSA) is 200 Å². The Morgan fingerprint density at radius 2 is 1.58 bits per heavy atom. The zero-order valence-corrected chi connectivity index (χ0v) is 20.0. The van der Waals surface area contributed by atoms with Crippen molar-refractivity contribution in [2.75, 3.05) is 20.7 Å². The fourth-order valence-corrected chi connectivity index (χ4v) is 5.04. The van der Waals surface area contributed by atoms with Crippen molar-refractivity contribution in [3.8, 4) is 0 Å². The van der Waals surface area contributed by atoms with Gasteiger partial charge in [-0.2, -0.15) is 0 Å². The lowest BCUT2D eigenvalue weighted by Crippen LogP contribution is -2.68. The van der Waals surface area contributed by atoms with E-state index in [-0.39, 0.29) is 24.8 Å². The molecule has 12 nitrogen and oxygen atoms in total. The molecule has 33 heavy (non-hydrogen) atoms. The highest BCUT2D eigenvalue weighted by atomic mass is 16.7. The van der Waals surface area contributed by atoms with Gasteiger partial charge in [-0.05, 0) is 47.2 Å². The zero-order chi connectivity index (χ0) is 24.5. The van der Waals surface area contributed by atoms with E-state index in [2.05, 4.69) is 10.6 Å². The van der Waals surface area contributed by atoms with Gasteiger partial charge in [-0.3, -0.25) is 0 Å². The molecule has 3 rings (SSSR count). The van der Waals surface area contributed by atoms with Crippen molar-refractivity contribution in [2.45, 2.75) is 112 Å². The minimum absolute atomic E-state index is 0.0620. The van der Waals surface area contributed by atoms with Crippen molar-refractivity contribution in [1.82, 2.24) is 10.6 Å². The van der Waals surface area contributed by atoms with E-state index in [0.717, 1.165) is 6.42 Å². The number of rotatable bonds is 7.